The van der Waals surface area contributed by atoms with Crippen LogP contribution in [0.5, 0.6) is 17.2 Å². The molecular weight excluding hydrogens is 312 g/mol. The van der Waals surface area contributed by atoms with Gasteiger partial charge in [-0.15, -0.1) is 0 Å². The van der Waals surface area contributed by atoms with Gasteiger partial charge < -0.3 is 29.5 Å². The van der Waals surface area contributed by atoms with E-state index in [-0.39, 0.29) is 22.8 Å². The van der Waals surface area contributed by atoms with Crippen LogP contribution in [0.4, 0.5) is 0 Å². The lowest BCUT2D eigenvalue weighted by Gasteiger charge is -2.14. The predicted molar refractivity (Wildman–Crippen MR) is 72.1 cm³/mol. The summed E-state index contributed by atoms with van der Waals surface area (Å²) in [7, 11) is 0. The number of aliphatic carboxylic acids is 3. The van der Waals surface area contributed by atoms with Gasteiger partial charge in [0.05, 0.1) is 0 Å². The number of rotatable bonds is 9. The average molecular weight is 323 g/mol. The smallest absolute Gasteiger partial charge is 0.341 e. The second kappa shape index (κ2) is 8.14. The zero-order valence-electron chi connectivity index (χ0n) is 11.6. The maximum absolute atomic E-state index is 10.6. The quantitative estimate of drug-likeness (QED) is 0.536. The van der Waals surface area contributed by atoms with E-state index in [1.54, 1.807) is 0 Å². The monoisotopic (exact) mass is 323 g/mol. The highest BCUT2D eigenvalue weighted by molar-refractivity contribution is 5.70. The lowest BCUT2D eigenvalue weighted by Crippen LogP contribution is -2.14. The zero-order valence-corrected chi connectivity index (χ0v) is 11.6. The minimum Gasteiger partial charge on any atom is -0.482 e. The molecule has 1 aromatic carbocycles. The third-order valence-corrected chi connectivity index (χ3v) is 2.23. The summed E-state index contributed by atoms with van der Waals surface area (Å²) < 4.78 is 14.8. The van der Waals surface area contributed by atoms with Crippen LogP contribution in [0, 0.1) is 12.3 Å². The Morgan fingerprint density at radius 2 is 1.26 bits per heavy atom. The molecule has 0 aromatic heterocycles. The fourth-order valence-electron chi connectivity index (χ4n) is 1.42. The van der Waals surface area contributed by atoms with E-state index < -0.39 is 37.7 Å². The van der Waals surface area contributed by atoms with Crippen LogP contribution in [0.3, 0.4) is 0 Å². The van der Waals surface area contributed by atoms with Crippen LogP contribution in [0.15, 0.2) is 12.1 Å². The van der Waals surface area contributed by atoms with E-state index in [1.807, 2.05) is 5.92 Å². The maximum Gasteiger partial charge on any atom is 0.341 e. The van der Waals surface area contributed by atoms with Crippen LogP contribution in [0.2, 0.25) is 0 Å². The summed E-state index contributed by atoms with van der Waals surface area (Å²) in [6, 6.07) is 2.30. The van der Waals surface area contributed by atoms with E-state index in [2.05, 4.69) is 0 Å². The summed E-state index contributed by atoms with van der Waals surface area (Å²) >= 11 is 0. The molecule has 9 nitrogen and oxygen atoms in total. The second-order valence-electron chi connectivity index (χ2n) is 3.97. The van der Waals surface area contributed by atoms with E-state index >= 15 is 0 Å². The van der Waals surface area contributed by atoms with Gasteiger partial charge in [0.25, 0.3) is 0 Å². The normalized spacial score (nSPS) is 9.52. The molecule has 0 unspecified atom stereocenters. The van der Waals surface area contributed by atoms with Gasteiger partial charge in [0.15, 0.2) is 19.8 Å². The first-order chi connectivity index (χ1) is 10.8. The minimum absolute atomic E-state index is 0.0628. The summed E-state index contributed by atoms with van der Waals surface area (Å²) in [4.78, 5) is 31.6. The molecule has 3 N–H and O–H groups in total. The Balaban J connectivity index is 3.16. The number of benzene rings is 1. The molecule has 23 heavy (non-hydrogen) atoms. The molecule has 0 atom stereocenters. The predicted octanol–water partition coefficient (Wildman–Crippen LogP) is 0.0147. The summed E-state index contributed by atoms with van der Waals surface area (Å²) in [6.45, 7) is -2.17. The van der Waals surface area contributed by atoms with Gasteiger partial charge in [0.2, 0.25) is 0 Å². The molecular formula is C14H11O9. The molecule has 0 heterocycles. The first-order valence-corrected chi connectivity index (χ1v) is 5.98. The number of ether oxygens (including phenoxy) is 3. The third kappa shape index (κ3) is 5.84. The van der Waals surface area contributed by atoms with Crippen LogP contribution < -0.4 is 14.2 Å². The summed E-state index contributed by atoms with van der Waals surface area (Å²) in [6.07, 6.45) is 7.20. The minimum atomic E-state index is -1.29. The zero-order chi connectivity index (χ0) is 17.4. The Labute approximate surface area is 130 Å². The van der Waals surface area contributed by atoms with E-state index in [0.29, 0.717) is 0 Å². The van der Waals surface area contributed by atoms with Crippen LogP contribution in [0.1, 0.15) is 5.56 Å². The van der Waals surface area contributed by atoms with Crippen molar-refractivity contribution >= 4 is 17.9 Å². The van der Waals surface area contributed by atoms with Gasteiger partial charge in [-0.25, -0.2) is 14.4 Å². The number of carboxylic acid groups (broad SMARTS) is 3. The second-order valence-corrected chi connectivity index (χ2v) is 3.97. The highest BCUT2D eigenvalue weighted by atomic mass is 16.5. The van der Waals surface area contributed by atoms with Crippen molar-refractivity contribution < 1.29 is 43.9 Å². The Bertz CT molecular complexity index is 618. The maximum atomic E-state index is 10.6. The fourth-order valence-corrected chi connectivity index (χ4v) is 1.42. The molecule has 0 spiro atoms. The van der Waals surface area contributed by atoms with Crippen LogP contribution in [0.25, 0.3) is 0 Å². The van der Waals surface area contributed by atoms with Crippen molar-refractivity contribution in [2.24, 2.45) is 0 Å². The Morgan fingerprint density at radius 1 is 0.870 bits per heavy atom. The van der Waals surface area contributed by atoms with E-state index in [4.69, 9.17) is 36.0 Å². The number of carboxylic acids is 3. The SMILES string of the molecule is [C]#Cc1c(OCC(=O)O)cc(OCC(=O)O)cc1OCC(=O)O. The fraction of sp³-hybridized carbons (Fsp3) is 0.214. The van der Waals surface area contributed by atoms with Crippen LogP contribution >= 0.6 is 0 Å². The first-order valence-electron chi connectivity index (χ1n) is 5.98. The lowest BCUT2D eigenvalue weighted by atomic mass is 10.1. The molecule has 0 aliphatic carbocycles. The molecule has 0 fully saturated rings. The molecule has 0 amide bonds. The molecule has 1 rings (SSSR count). The number of hydrogen-bond donors (Lipinski definition) is 3. The molecule has 0 bridgehead atoms. The van der Waals surface area contributed by atoms with Crippen molar-refractivity contribution in [1.82, 2.24) is 0 Å². The van der Waals surface area contributed by atoms with Gasteiger partial charge in [-0.1, -0.05) is 0 Å². The van der Waals surface area contributed by atoms with Gasteiger partial charge in [0.1, 0.15) is 22.8 Å². The van der Waals surface area contributed by atoms with Gasteiger partial charge in [0, 0.05) is 12.1 Å². The van der Waals surface area contributed by atoms with E-state index in [1.165, 1.54) is 0 Å². The molecule has 0 aliphatic rings. The van der Waals surface area contributed by atoms with E-state index in [0.717, 1.165) is 12.1 Å². The average Bonchev–Trinajstić information content (AvgIpc) is 2.48. The van der Waals surface area contributed by atoms with Crippen molar-refractivity contribution in [1.29, 1.82) is 0 Å². The Morgan fingerprint density at radius 3 is 1.61 bits per heavy atom. The Kier molecular flexibility index (Phi) is 6.24. The topological polar surface area (TPSA) is 140 Å². The standard InChI is InChI=1S/C14H11O9/c1-2-9-10(22-6-13(17)18)3-8(21-5-12(15)16)4-11(9)23-7-14(19)20/h3-4H,5-7H2,(H,15,16)(H,17,18)(H,19,20). The van der Waals surface area contributed by atoms with Crippen LogP contribution in [-0.2, 0) is 14.4 Å². The van der Waals surface area contributed by atoms with Crippen molar-refractivity contribution in [3.63, 3.8) is 0 Å². The molecule has 1 aromatic rings. The summed E-state index contributed by atoms with van der Waals surface area (Å²) in [5.41, 5.74) is -0.129. The molecule has 0 saturated heterocycles. The van der Waals surface area contributed by atoms with Gasteiger partial charge in [-0.05, 0) is 12.3 Å². The summed E-state index contributed by atoms with van der Waals surface area (Å²) in [5.74, 6) is -2.30. The molecule has 9 heteroatoms. The van der Waals surface area contributed by atoms with Crippen molar-refractivity contribution in [2.45, 2.75) is 0 Å². The highest BCUT2D eigenvalue weighted by Crippen LogP contribution is 2.34. The van der Waals surface area contributed by atoms with Crippen molar-refractivity contribution in [2.75, 3.05) is 19.8 Å². The summed E-state index contributed by atoms with van der Waals surface area (Å²) in [5, 5.41) is 25.8. The highest BCUT2D eigenvalue weighted by Gasteiger charge is 2.16. The largest absolute Gasteiger partial charge is 0.482 e. The van der Waals surface area contributed by atoms with Crippen molar-refractivity contribution in [3.05, 3.63) is 24.1 Å². The van der Waals surface area contributed by atoms with Crippen molar-refractivity contribution in [3.8, 4) is 23.2 Å². The van der Waals surface area contributed by atoms with Gasteiger partial charge >= 0.3 is 17.9 Å². The van der Waals surface area contributed by atoms with Crippen LogP contribution in [-0.4, -0.2) is 53.0 Å². The molecule has 0 saturated carbocycles. The molecule has 121 valence electrons. The van der Waals surface area contributed by atoms with Gasteiger partial charge in [-0.2, -0.15) is 0 Å². The van der Waals surface area contributed by atoms with E-state index in [9.17, 15) is 14.4 Å². The molecule has 0 aliphatic heterocycles. The van der Waals surface area contributed by atoms with Gasteiger partial charge in [-0.3, -0.25) is 0 Å². The third-order valence-electron chi connectivity index (χ3n) is 2.23. The lowest BCUT2D eigenvalue weighted by molar-refractivity contribution is -0.140. The Hall–Kier alpha value is -3.41. The first kappa shape index (κ1) is 17.6. The number of carbonyl (C=O) groups is 3. The molecule has 1 radical (unpaired) electrons. The number of hydrogen-bond acceptors (Lipinski definition) is 6.